The molecule has 0 aliphatic carbocycles. The van der Waals surface area contributed by atoms with E-state index in [2.05, 4.69) is 5.32 Å². The lowest BCUT2D eigenvalue weighted by atomic mass is 9.88. The van der Waals surface area contributed by atoms with Gasteiger partial charge < -0.3 is 14.8 Å². The van der Waals surface area contributed by atoms with E-state index in [9.17, 15) is 9.59 Å². The van der Waals surface area contributed by atoms with E-state index < -0.39 is 23.2 Å². The van der Waals surface area contributed by atoms with Gasteiger partial charge in [0.1, 0.15) is 16.9 Å². The lowest BCUT2D eigenvalue weighted by Gasteiger charge is -2.33. The number of para-hydroxylation sites is 1. The van der Waals surface area contributed by atoms with Gasteiger partial charge in [-0.3, -0.25) is 0 Å². The second-order valence-corrected chi connectivity index (χ2v) is 6.69. The number of amides is 1. The van der Waals surface area contributed by atoms with Gasteiger partial charge in [0, 0.05) is 0 Å². The number of carbonyl (C=O) groups excluding carboxylic acids is 2. The first-order chi connectivity index (χ1) is 10.0. The SMILES string of the molecule is CC(C)C(C)(NC(=O)OC(C)(C)C)C(=O)Oc1ccccc1. The summed E-state index contributed by atoms with van der Waals surface area (Å²) in [5, 5.41) is 2.63. The molecule has 1 amide bonds. The van der Waals surface area contributed by atoms with Crippen LogP contribution in [0.25, 0.3) is 0 Å². The molecule has 1 rings (SSSR count). The van der Waals surface area contributed by atoms with Crippen LogP contribution in [0.1, 0.15) is 41.5 Å². The van der Waals surface area contributed by atoms with Gasteiger partial charge in [-0.05, 0) is 45.7 Å². The highest BCUT2D eigenvalue weighted by Crippen LogP contribution is 2.21. The van der Waals surface area contributed by atoms with Crippen LogP contribution in [0, 0.1) is 5.92 Å². The molecule has 1 aromatic rings. The van der Waals surface area contributed by atoms with Crippen molar-refractivity contribution in [1.29, 1.82) is 0 Å². The van der Waals surface area contributed by atoms with E-state index in [0.717, 1.165) is 0 Å². The Kier molecular flexibility index (Phi) is 5.58. The third-order valence-corrected chi connectivity index (χ3v) is 3.29. The minimum absolute atomic E-state index is 0.170. The first-order valence-electron chi connectivity index (χ1n) is 7.33. The topological polar surface area (TPSA) is 64.6 Å². The molecule has 1 aromatic carbocycles. The van der Waals surface area contributed by atoms with E-state index >= 15 is 0 Å². The summed E-state index contributed by atoms with van der Waals surface area (Å²) in [6.45, 7) is 10.6. The van der Waals surface area contributed by atoms with Crippen molar-refractivity contribution in [3.05, 3.63) is 30.3 Å². The number of alkyl carbamates (subject to hydrolysis) is 1. The maximum absolute atomic E-state index is 12.5. The Bertz CT molecular complexity index is 519. The number of rotatable bonds is 4. The Labute approximate surface area is 132 Å². The Hall–Kier alpha value is -2.04. The van der Waals surface area contributed by atoms with Gasteiger partial charge >= 0.3 is 12.1 Å². The van der Waals surface area contributed by atoms with E-state index in [1.807, 2.05) is 19.9 Å². The number of carbonyl (C=O) groups is 2. The molecule has 0 aliphatic heterocycles. The summed E-state index contributed by atoms with van der Waals surface area (Å²) in [6, 6.07) is 8.75. The van der Waals surface area contributed by atoms with Crippen molar-refractivity contribution in [2.24, 2.45) is 5.92 Å². The van der Waals surface area contributed by atoms with Crippen molar-refractivity contribution in [2.45, 2.75) is 52.7 Å². The molecular formula is C17H25NO4. The average Bonchev–Trinajstić information content (AvgIpc) is 2.37. The van der Waals surface area contributed by atoms with Crippen LogP contribution in [-0.4, -0.2) is 23.2 Å². The Balaban J connectivity index is 2.86. The molecule has 22 heavy (non-hydrogen) atoms. The van der Waals surface area contributed by atoms with Crippen LogP contribution in [0.5, 0.6) is 5.75 Å². The fourth-order valence-corrected chi connectivity index (χ4v) is 1.65. The van der Waals surface area contributed by atoms with Gasteiger partial charge in [-0.15, -0.1) is 0 Å². The van der Waals surface area contributed by atoms with Gasteiger partial charge in [-0.2, -0.15) is 0 Å². The van der Waals surface area contributed by atoms with Crippen LogP contribution in [0.2, 0.25) is 0 Å². The second-order valence-electron chi connectivity index (χ2n) is 6.69. The summed E-state index contributed by atoms with van der Waals surface area (Å²) in [5.41, 5.74) is -1.82. The zero-order valence-electron chi connectivity index (χ0n) is 14.1. The monoisotopic (exact) mass is 307 g/mol. The van der Waals surface area contributed by atoms with E-state index in [4.69, 9.17) is 9.47 Å². The number of esters is 1. The van der Waals surface area contributed by atoms with Crippen molar-refractivity contribution in [3.8, 4) is 5.75 Å². The summed E-state index contributed by atoms with van der Waals surface area (Å²) in [4.78, 5) is 24.5. The molecule has 0 spiro atoms. The highest BCUT2D eigenvalue weighted by molar-refractivity contribution is 5.87. The quantitative estimate of drug-likeness (QED) is 0.682. The predicted octanol–water partition coefficient (Wildman–Crippen LogP) is 3.53. The van der Waals surface area contributed by atoms with Gasteiger partial charge in [0.2, 0.25) is 0 Å². The number of hydrogen-bond donors (Lipinski definition) is 1. The first kappa shape index (κ1) is 18.0. The lowest BCUT2D eigenvalue weighted by Crippen LogP contribution is -2.58. The number of ether oxygens (including phenoxy) is 2. The molecule has 1 unspecified atom stereocenters. The molecule has 1 atom stereocenters. The molecule has 122 valence electrons. The third-order valence-electron chi connectivity index (χ3n) is 3.29. The minimum atomic E-state index is -1.18. The second kappa shape index (κ2) is 6.81. The molecule has 1 N–H and O–H groups in total. The average molecular weight is 307 g/mol. The summed E-state index contributed by atoms with van der Waals surface area (Å²) >= 11 is 0. The number of hydrogen-bond acceptors (Lipinski definition) is 4. The van der Waals surface area contributed by atoms with Gasteiger partial charge in [0.25, 0.3) is 0 Å². The predicted molar refractivity (Wildman–Crippen MR) is 84.7 cm³/mol. The number of benzene rings is 1. The summed E-state index contributed by atoms with van der Waals surface area (Å²) in [6.07, 6.45) is -0.645. The highest BCUT2D eigenvalue weighted by Gasteiger charge is 2.41. The minimum Gasteiger partial charge on any atom is -0.444 e. The Morgan fingerprint density at radius 2 is 1.59 bits per heavy atom. The van der Waals surface area contributed by atoms with Crippen molar-refractivity contribution in [2.75, 3.05) is 0 Å². The van der Waals surface area contributed by atoms with Gasteiger partial charge in [0.15, 0.2) is 0 Å². The molecule has 0 radical (unpaired) electrons. The normalized spacial score (nSPS) is 14.1. The molecular weight excluding hydrogens is 282 g/mol. The highest BCUT2D eigenvalue weighted by atomic mass is 16.6. The molecule has 0 bridgehead atoms. The molecule has 0 saturated carbocycles. The van der Waals surface area contributed by atoms with E-state index in [-0.39, 0.29) is 5.92 Å². The molecule has 0 heterocycles. The van der Waals surface area contributed by atoms with Gasteiger partial charge in [-0.25, -0.2) is 9.59 Å². The largest absolute Gasteiger partial charge is 0.444 e. The van der Waals surface area contributed by atoms with Crippen LogP contribution in [0.3, 0.4) is 0 Å². The molecule has 0 aliphatic rings. The smallest absolute Gasteiger partial charge is 0.408 e. The maximum Gasteiger partial charge on any atom is 0.408 e. The van der Waals surface area contributed by atoms with Gasteiger partial charge in [0.05, 0.1) is 0 Å². The van der Waals surface area contributed by atoms with E-state index in [1.165, 1.54) is 0 Å². The van der Waals surface area contributed by atoms with Crippen LogP contribution >= 0.6 is 0 Å². The fourth-order valence-electron chi connectivity index (χ4n) is 1.65. The van der Waals surface area contributed by atoms with Crippen LogP contribution in [0.4, 0.5) is 4.79 Å². The number of nitrogens with one attached hydrogen (secondary N) is 1. The van der Waals surface area contributed by atoms with Crippen LogP contribution < -0.4 is 10.1 Å². The van der Waals surface area contributed by atoms with Crippen LogP contribution in [0.15, 0.2) is 30.3 Å². The fraction of sp³-hybridized carbons (Fsp3) is 0.529. The molecule has 0 aromatic heterocycles. The maximum atomic E-state index is 12.5. The molecule has 5 nitrogen and oxygen atoms in total. The zero-order chi connectivity index (χ0) is 17.0. The summed E-state index contributed by atoms with van der Waals surface area (Å²) < 4.78 is 10.6. The van der Waals surface area contributed by atoms with E-state index in [0.29, 0.717) is 5.75 Å². The summed E-state index contributed by atoms with van der Waals surface area (Å²) in [7, 11) is 0. The lowest BCUT2D eigenvalue weighted by molar-refractivity contribution is -0.143. The van der Waals surface area contributed by atoms with Crippen molar-refractivity contribution >= 4 is 12.1 Å². The third kappa shape index (κ3) is 5.06. The Morgan fingerprint density at radius 3 is 2.05 bits per heavy atom. The molecule has 5 heteroatoms. The van der Waals surface area contributed by atoms with Crippen molar-refractivity contribution in [3.63, 3.8) is 0 Å². The van der Waals surface area contributed by atoms with E-state index in [1.54, 1.807) is 52.0 Å². The first-order valence-corrected chi connectivity index (χ1v) is 7.33. The summed E-state index contributed by atoms with van der Waals surface area (Å²) in [5.74, 6) is -0.263. The zero-order valence-corrected chi connectivity index (χ0v) is 14.1. The van der Waals surface area contributed by atoms with Crippen molar-refractivity contribution in [1.82, 2.24) is 5.32 Å². The standard InChI is InChI=1S/C17H25NO4/c1-12(2)17(6,18-15(20)22-16(3,4)5)14(19)21-13-10-8-7-9-11-13/h7-12H,1-6H3,(H,18,20). The Morgan fingerprint density at radius 1 is 1.05 bits per heavy atom. The molecule has 0 saturated heterocycles. The molecule has 0 fully saturated rings. The van der Waals surface area contributed by atoms with Gasteiger partial charge in [-0.1, -0.05) is 32.0 Å². The van der Waals surface area contributed by atoms with Crippen LogP contribution in [-0.2, 0) is 9.53 Å². The van der Waals surface area contributed by atoms with Crippen molar-refractivity contribution < 1.29 is 19.1 Å².